The number of fused-ring (bicyclic) bond motifs is 2. The maximum Gasteiger partial charge on any atom is 0.243 e. The average molecular weight is 469 g/mol. The molecule has 2 saturated heterocycles. The zero-order valence-electron chi connectivity index (χ0n) is 19.4. The number of carbonyl (C=O) groups is 1. The normalized spacial score (nSPS) is 20.2. The van der Waals surface area contributed by atoms with Gasteiger partial charge in [0.25, 0.3) is 0 Å². The largest absolute Gasteiger partial charge is 0.389 e. The first-order valence-corrected chi connectivity index (χ1v) is 11.6. The van der Waals surface area contributed by atoms with Crippen molar-refractivity contribution >= 4 is 22.6 Å². The third-order valence-corrected chi connectivity index (χ3v) is 6.98. The molecule has 2 N–H and O–H groups in total. The molecule has 2 aliphatic heterocycles. The van der Waals surface area contributed by atoms with Crippen molar-refractivity contribution in [3.63, 3.8) is 0 Å². The maximum atomic E-state index is 12.4. The molecule has 6 rings (SSSR count). The number of carbonyl (C=O) groups excluding carboxylic acids is 1. The van der Waals surface area contributed by atoms with Crippen LogP contribution >= 0.6 is 0 Å². The lowest BCUT2D eigenvalue weighted by atomic mass is 10.0. The van der Waals surface area contributed by atoms with Crippen molar-refractivity contribution in [2.75, 3.05) is 18.0 Å². The summed E-state index contributed by atoms with van der Waals surface area (Å²) in [5, 5.41) is 27.0. The Morgan fingerprint density at radius 3 is 2.89 bits per heavy atom. The second-order valence-corrected chi connectivity index (χ2v) is 9.17. The van der Waals surface area contributed by atoms with Crippen LogP contribution in [0.15, 0.2) is 42.7 Å². The summed E-state index contributed by atoms with van der Waals surface area (Å²) in [7, 11) is 0. The minimum Gasteiger partial charge on any atom is -0.389 e. The first-order valence-electron chi connectivity index (χ1n) is 11.6. The Balaban J connectivity index is 1.46. The Bertz CT molecular complexity index is 1510. The summed E-state index contributed by atoms with van der Waals surface area (Å²) >= 11 is 0. The van der Waals surface area contributed by atoms with Crippen molar-refractivity contribution in [2.24, 2.45) is 5.92 Å². The second kappa shape index (κ2) is 7.92. The highest BCUT2D eigenvalue weighted by molar-refractivity contribution is 5.90. The summed E-state index contributed by atoms with van der Waals surface area (Å²) in [6.07, 6.45) is 1.93. The SMILES string of the molecule is Cc1cc(C#N)nn1-c1nc(-n2cnc3ccc(N4CC[C@H]5CNC(=O)[C@H]54)cc32)ccc1C(C)O. The molecule has 0 saturated carbocycles. The third kappa shape index (κ3) is 3.35. The lowest BCUT2D eigenvalue weighted by molar-refractivity contribution is -0.120. The zero-order chi connectivity index (χ0) is 24.3. The Morgan fingerprint density at radius 2 is 2.11 bits per heavy atom. The molecular weight excluding hydrogens is 444 g/mol. The lowest BCUT2D eigenvalue weighted by Crippen LogP contribution is -2.38. The molecule has 5 heterocycles. The van der Waals surface area contributed by atoms with E-state index in [4.69, 9.17) is 4.98 Å². The zero-order valence-corrected chi connectivity index (χ0v) is 19.4. The minimum absolute atomic E-state index is 0.0902. The van der Waals surface area contributed by atoms with E-state index in [-0.39, 0.29) is 17.6 Å². The molecule has 176 valence electrons. The highest BCUT2D eigenvalue weighted by atomic mass is 16.3. The number of nitrogens with one attached hydrogen (secondary N) is 1. The molecule has 0 bridgehead atoms. The summed E-state index contributed by atoms with van der Waals surface area (Å²) in [5.74, 6) is 1.50. The molecule has 10 heteroatoms. The number of nitriles is 1. The smallest absolute Gasteiger partial charge is 0.243 e. The molecule has 0 aliphatic carbocycles. The van der Waals surface area contributed by atoms with Crippen LogP contribution in [-0.2, 0) is 4.79 Å². The van der Waals surface area contributed by atoms with Gasteiger partial charge in [0.2, 0.25) is 5.91 Å². The predicted molar refractivity (Wildman–Crippen MR) is 128 cm³/mol. The van der Waals surface area contributed by atoms with Gasteiger partial charge in [-0.1, -0.05) is 0 Å². The van der Waals surface area contributed by atoms with Gasteiger partial charge < -0.3 is 15.3 Å². The number of hydrogen-bond acceptors (Lipinski definition) is 7. The van der Waals surface area contributed by atoms with Gasteiger partial charge in [0, 0.05) is 36.0 Å². The summed E-state index contributed by atoms with van der Waals surface area (Å²) in [4.78, 5) is 24.0. The molecule has 0 spiro atoms. The van der Waals surface area contributed by atoms with E-state index in [1.54, 1.807) is 24.0 Å². The van der Waals surface area contributed by atoms with Gasteiger partial charge in [-0.25, -0.2) is 14.6 Å². The first kappa shape index (κ1) is 21.3. The number of anilines is 1. The van der Waals surface area contributed by atoms with Gasteiger partial charge in [0.05, 0.1) is 17.1 Å². The van der Waals surface area contributed by atoms with Crippen LogP contribution in [0.3, 0.4) is 0 Å². The molecule has 10 nitrogen and oxygen atoms in total. The summed E-state index contributed by atoms with van der Waals surface area (Å²) in [5.41, 5.74) is 4.28. The van der Waals surface area contributed by atoms with Crippen LogP contribution in [-0.4, -0.2) is 54.5 Å². The van der Waals surface area contributed by atoms with E-state index in [0.717, 1.165) is 41.9 Å². The number of hydrogen-bond donors (Lipinski definition) is 2. The first-order chi connectivity index (χ1) is 16.9. The standard InChI is InChI=1S/C25H24N8O2/c1-14-9-17(11-26)30-33(14)24-19(15(2)34)4-6-22(29-24)32-13-28-20-5-3-18(10-21(20)32)31-8-7-16-12-27-25(35)23(16)31/h3-6,9-10,13,15-16,23,34H,7-8,12H2,1-2H3,(H,27,35)/t15?,16-,23-/m0/s1. The van der Waals surface area contributed by atoms with Crippen molar-refractivity contribution in [3.8, 4) is 17.7 Å². The number of benzene rings is 1. The van der Waals surface area contributed by atoms with Gasteiger partial charge in [-0.3, -0.25) is 9.36 Å². The van der Waals surface area contributed by atoms with Crippen molar-refractivity contribution in [1.82, 2.24) is 29.6 Å². The molecule has 2 aliphatic rings. The Kier molecular flexibility index (Phi) is 4.82. The molecule has 3 atom stereocenters. The van der Waals surface area contributed by atoms with Crippen LogP contribution in [0, 0.1) is 24.2 Å². The number of aromatic nitrogens is 5. The maximum absolute atomic E-state index is 12.4. The molecule has 2 fully saturated rings. The quantitative estimate of drug-likeness (QED) is 0.470. The number of pyridine rings is 1. The Hall–Kier alpha value is -4.23. The summed E-state index contributed by atoms with van der Waals surface area (Å²) in [6, 6.07) is 13.3. The van der Waals surface area contributed by atoms with E-state index in [2.05, 4.69) is 26.4 Å². The number of aryl methyl sites for hydroxylation is 1. The summed E-state index contributed by atoms with van der Waals surface area (Å²) in [6.45, 7) is 5.09. The molecule has 35 heavy (non-hydrogen) atoms. The Labute approximate surface area is 201 Å². The number of imidazole rings is 1. The number of amides is 1. The van der Waals surface area contributed by atoms with Crippen LogP contribution in [0.5, 0.6) is 0 Å². The number of rotatable bonds is 4. The summed E-state index contributed by atoms with van der Waals surface area (Å²) < 4.78 is 3.47. The molecule has 1 unspecified atom stereocenters. The van der Waals surface area contributed by atoms with Crippen molar-refractivity contribution in [1.29, 1.82) is 5.26 Å². The number of nitrogens with zero attached hydrogens (tertiary/aromatic N) is 7. The van der Waals surface area contributed by atoms with Gasteiger partial charge in [0.1, 0.15) is 24.3 Å². The topological polar surface area (TPSA) is 125 Å². The van der Waals surface area contributed by atoms with Crippen LogP contribution in [0.4, 0.5) is 5.69 Å². The number of aliphatic hydroxyl groups excluding tert-OH is 1. The molecule has 1 amide bonds. The van der Waals surface area contributed by atoms with Crippen LogP contribution in [0.1, 0.15) is 36.4 Å². The average Bonchev–Trinajstić information content (AvgIpc) is 3.62. The Morgan fingerprint density at radius 1 is 1.26 bits per heavy atom. The van der Waals surface area contributed by atoms with E-state index in [0.29, 0.717) is 23.1 Å². The molecular formula is C25H24N8O2. The van der Waals surface area contributed by atoms with Gasteiger partial charge in [-0.15, -0.1) is 0 Å². The van der Waals surface area contributed by atoms with E-state index in [9.17, 15) is 15.2 Å². The van der Waals surface area contributed by atoms with Gasteiger partial charge >= 0.3 is 0 Å². The highest BCUT2D eigenvalue weighted by Crippen LogP contribution is 2.34. The fourth-order valence-corrected chi connectivity index (χ4v) is 5.23. The molecule has 1 aromatic carbocycles. The fourth-order valence-electron chi connectivity index (χ4n) is 5.23. The lowest BCUT2D eigenvalue weighted by Gasteiger charge is -2.24. The fraction of sp³-hybridized carbons (Fsp3) is 0.320. The number of aliphatic hydroxyl groups is 1. The molecule has 0 radical (unpaired) electrons. The molecule has 3 aromatic heterocycles. The van der Waals surface area contributed by atoms with Crippen LogP contribution in [0.25, 0.3) is 22.7 Å². The van der Waals surface area contributed by atoms with Crippen LogP contribution in [0.2, 0.25) is 0 Å². The van der Waals surface area contributed by atoms with Gasteiger partial charge in [-0.2, -0.15) is 10.4 Å². The second-order valence-electron chi connectivity index (χ2n) is 9.17. The van der Waals surface area contributed by atoms with E-state index >= 15 is 0 Å². The van der Waals surface area contributed by atoms with Crippen LogP contribution < -0.4 is 10.2 Å². The van der Waals surface area contributed by atoms with E-state index < -0.39 is 6.10 Å². The highest BCUT2D eigenvalue weighted by Gasteiger charge is 2.43. The third-order valence-electron chi connectivity index (χ3n) is 6.98. The van der Waals surface area contributed by atoms with E-state index in [1.807, 2.05) is 41.8 Å². The van der Waals surface area contributed by atoms with Crippen molar-refractivity contribution in [3.05, 3.63) is 59.7 Å². The predicted octanol–water partition coefficient (Wildman–Crippen LogP) is 2.16. The minimum atomic E-state index is -0.771. The van der Waals surface area contributed by atoms with Gasteiger partial charge in [-0.05, 0) is 56.7 Å². The van der Waals surface area contributed by atoms with Crippen molar-refractivity contribution < 1.29 is 9.90 Å². The monoisotopic (exact) mass is 468 g/mol. The van der Waals surface area contributed by atoms with E-state index in [1.165, 1.54) is 0 Å². The van der Waals surface area contributed by atoms with Crippen molar-refractivity contribution in [2.45, 2.75) is 32.4 Å². The van der Waals surface area contributed by atoms with Gasteiger partial charge in [0.15, 0.2) is 11.5 Å². The molecule has 4 aromatic rings.